The molecule has 1 N–H and O–H groups in total. The molecule has 0 unspecified atom stereocenters. The molecule has 0 saturated heterocycles. The quantitative estimate of drug-likeness (QED) is 0.369. The Morgan fingerprint density at radius 2 is 1.94 bits per heavy atom. The van der Waals surface area contributed by atoms with E-state index >= 15 is 0 Å². The van der Waals surface area contributed by atoms with Gasteiger partial charge < -0.3 is 0 Å². The van der Waals surface area contributed by atoms with E-state index in [1.54, 1.807) is 17.3 Å². The first-order chi connectivity index (χ1) is 15.6. The number of nitriles is 1. The van der Waals surface area contributed by atoms with Gasteiger partial charge in [-0.15, -0.1) is 11.6 Å². The van der Waals surface area contributed by atoms with Crippen molar-refractivity contribution >= 4 is 39.3 Å². The SMILES string of the molecule is N#Cc1ncc(Br)c(N(NC(=O)c2cncc(-c3ccc(CCl)cc3)c2)C2CCCC2)n1. The third-order valence-corrected chi connectivity index (χ3v) is 6.28. The fraction of sp³-hybridized carbons (Fsp3) is 0.261. The normalized spacial score (nSPS) is 13.5. The number of carbonyl (C=O) groups is 1. The molecule has 7 nitrogen and oxygen atoms in total. The fourth-order valence-electron chi connectivity index (χ4n) is 3.74. The molecule has 1 aliphatic rings. The van der Waals surface area contributed by atoms with E-state index in [4.69, 9.17) is 11.6 Å². The number of benzene rings is 1. The lowest BCUT2D eigenvalue weighted by atomic mass is 10.0. The summed E-state index contributed by atoms with van der Waals surface area (Å²) in [7, 11) is 0. The molecule has 0 radical (unpaired) electrons. The highest BCUT2D eigenvalue weighted by Crippen LogP contribution is 2.30. The van der Waals surface area contributed by atoms with Gasteiger partial charge >= 0.3 is 0 Å². The zero-order valence-corrected chi connectivity index (χ0v) is 19.5. The van der Waals surface area contributed by atoms with E-state index in [0.717, 1.165) is 42.4 Å². The summed E-state index contributed by atoms with van der Waals surface area (Å²) in [5, 5.41) is 11.0. The number of hydrazine groups is 1. The molecule has 1 amide bonds. The molecule has 9 heteroatoms. The Bertz CT molecular complexity index is 1160. The van der Waals surface area contributed by atoms with Crippen LogP contribution in [0.5, 0.6) is 0 Å². The van der Waals surface area contributed by atoms with E-state index in [-0.39, 0.29) is 17.8 Å². The highest BCUT2D eigenvalue weighted by atomic mass is 79.9. The molecule has 1 saturated carbocycles. The topological polar surface area (TPSA) is 94.8 Å². The summed E-state index contributed by atoms with van der Waals surface area (Å²) in [5.41, 5.74) is 6.23. The number of aromatic nitrogens is 3. The highest BCUT2D eigenvalue weighted by Gasteiger charge is 2.28. The first kappa shape index (κ1) is 22.2. The molecular formula is C23H20BrClN6O. The van der Waals surface area contributed by atoms with Gasteiger partial charge in [-0.2, -0.15) is 10.2 Å². The van der Waals surface area contributed by atoms with Gasteiger partial charge in [0.2, 0.25) is 5.82 Å². The Balaban J connectivity index is 1.62. The lowest BCUT2D eigenvalue weighted by molar-refractivity contribution is 0.0943. The van der Waals surface area contributed by atoms with Gasteiger partial charge in [0.05, 0.1) is 16.1 Å². The van der Waals surface area contributed by atoms with Crippen LogP contribution < -0.4 is 10.4 Å². The number of nitrogens with zero attached hydrogens (tertiary/aromatic N) is 5. The first-order valence-corrected chi connectivity index (χ1v) is 11.5. The standard InChI is InChI=1S/C23H20BrClN6O/c24-20-14-28-21(11-26)29-22(20)31(19-3-1-2-4-19)30-23(32)18-9-17(12-27-13-18)16-7-5-15(10-25)6-8-16/h5-9,12-14,19H,1-4,10H2,(H,30,32). The molecule has 1 aromatic carbocycles. The van der Waals surface area contributed by atoms with Crippen LogP contribution in [0, 0.1) is 11.3 Å². The molecular weight excluding hydrogens is 492 g/mol. The molecule has 4 rings (SSSR count). The molecule has 1 aliphatic carbocycles. The molecule has 3 aromatic rings. The number of hydrogen-bond acceptors (Lipinski definition) is 6. The minimum Gasteiger partial charge on any atom is -0.267 e. The molecule has 0 aliphatic heterocycles. The van der Waals surface area contributed by atoms with Crippen LogP contribution in [0.15, 0.2) is 53.4 Å². The molecule has 0 bridgehead atoms. The van der Waals surface area contributed by atoms with Crippen LogP contribution in [0.2, 0.25) is 0 Å². The second-order valence-electron chi connectivity index (χ2n) is 7.52. The van der Waals surface area contributed by atoms with Crippen molar-refractivity contribution in [3.63, 3.8) is 0 Å². The van der Waals surface area contributed by atoms with Gasteiger partial charge in [-0.25, -0.2) is 4.98 Å². The van der Waals surface area contributed by atoms with Crippen LogP contribution >= 0.6 is 27.5 Å². The summed E-state index contributed by atoms with van der Waals surface area (Å²) in [6.07, 6.45) is 8.77. The number of anilines is 1. The molecule has 32 heavy (non-hydrogen) atoms. The molecule has 2 heterocycles. The van der Waals surface area contributed by atoms with Crippen molar-refractivity contribution < 1.29 is 4.79 Å². The summed E-state index contributed by atoms with van der Waals surface area (Å²) < 4.78 is 0.606. The van der Waals surface area contributed by atoms with Crippen LogP contribution in [-0.2, 0) is 5.88 Å². The van der Waals surface area contributed by atoms with Crippen LogP contribution in [0.4, 0.5) is 5.82 Å². The van der Waals surface area contributed by atoms with Crippen molar-refractivity contribution in [2.75, 3.05) is 5.01 Å². The van der Waals surface area contributed by atoms with Gasteiger partial charge in [0.1, 0.15) is 6.07 Å². The zero-order valence-electron chi connectivity index (χ0n) is 17.1. The summed E-state index contributed by atoms with van der Waals surface area (Å²) in [4.78, 5) is 25.8. The minimum absolute atomic E-state index is 0.0458. The maximum Gasteiger partial charge on any atom is 0.271 e. The molecule has 0 atom stereocenters. The number of amides is 1. The zero-order chi connectivity index (χ0) is 22.5. The third kappa shape index (κ3) is 4.90. The van der Waals surface area contributed by atoms with E-state index < -0.39 is 0 Å². The summed E-state index contributed by atoms with van der Waals surface area (Å²) >= 11 is 9.33. The number of hydrogen-bond donors (Lipinski definition) is 1. The Labute approximate surface area is 199 Å². The summed E-state index contributed by atoms with van der Waals surface area (Å²) in [6, 6.07) is 11.7. The maximum absolute atomic E-state index is 13.2. The molecule has 0 spiro atoms. The Morgan fingerprint density at radius 1 is 1.19 bits per heavy atom. The second-order valence-corrected chi connectivity index (χ2v) is 8.64. The molecule has 2 aromatic heterocycles. The largest absolute Gasteiger partial charge is 0.271 e. The molecule has 1 fully saturated rings. The highest BCUT2D eigenvalue weighted by molar-refractivity contribution is 9.10. The van der Waals surface area contributed by atoms with Crippen molar-refractivity contribution in [2.24, 2.45) is 0 Å². The minimum atomic E-state index is -0.298. The van der Waals surface area contributed by atoms with E-state index in [9.17, 15) is 10.1 Å². The average Bonchev–Trinajstić information content (AvgIpc) is 3.38. The Hall–Kier alpha value is -3.02. The number of pyridine rings is 1. The maximum atomic E-state index is 13.2. The predicted octanol–water partition coefficient (Wildman–Crippen LogP) is 5.01. The van der Waals surface area contributed by atoms with Crippen molar-refractivity contribution in [2.45, 2.75) is 37.6 Å². The van der Waals surface area contributed by atoms with Crippen LogP contribution in [0.1, 0.15) is 47.4 Å². The van der Waals surface area contributed by atoms with Gasteiger partial charge in [-0.1, -0.05) is 37.1 Å². The molecule has 162 valence electrons. The average molecular weight is 512 g/mol. The fourth-order valence-corrected chi connectivity index (χ4v) is 4.30. The number of carbonyl (C=O) groups excluding carboxylic acids is 1. The smallest absolute Gasteiger partial charge is 0.267 e. The predicted molar refractivity (Wildman–Crippen MR) is 126 cm³/mol. The van der Waals surface area contributed by atoms with Gasteiger partial charge in [0.25, 0.3) is 5.91 Å². The number of rotatable bonds is 6. The van der Waals surface area contributed by atoms with Crippen molar-refractivity contribution in [3.05, 3.63) is 70.3 Å². The van der Waals surface area contributed by atoms with Crippen molar-refractivity contribution in [1.82, 2.24) is 20.4 Å². The summed E-state index contributed by atoms with van der Waals surface area (Å²) in [6.45, 7) is 0. The van der Waals surface area contributed by atoms with Gasteiger partial charge in [-0.05, 0) is 46.0 Å². The Morgan fingerprint density at radius 3 is 2.62 bits per heavy atom. The Kier molecular flexibility index (Phi) is 6.98. The number of alkyl halides is 1. The first-order valence-electron chi connectivity index (χ1n) is 10.2. The number of nitrogens with one attached hydrogen (secondary N) is 1. The third-order valence-electron chi connectivity index (χ3n) is 5.41. The van der Waals surface area contributed by atoms with Crippen LogP contribution in [-0.4, -0.2) is 26.9 Å². The van der Waals surface area contributed by atoms with Gasteiger partial charge in [-0.3, -0.25) is 20.2 Å². The van der Waals surface area contributed by atoms with E-state index in [1.165, 1.54) is 12.4 Å². The monoisotopic (exact) mass is 510 g/mol. The van der Waals surface area contributed by atoms with Gasteiger partial charge in [0, 0.05) is 30.0 Å². The lowest BCUT2D eigenvalue weighted by Gasteiger charge is -2.30. The second kappa shape index (κ2) is 10.1. The van der Waals surface area contributed by atoms with Gasteiger partial charge in [0.15, 0.2) is 5.82 Å². The van der Waals surface area contributed by atoms with Crippen molar-refractivity contribution in [1.29, 1.82) is 5.26 Å². The van der Waals surface area contributed by atoms with Crippen LogP contribution in [0.25, 0.3) is 11.1 Å². The summed E-state index contributed by atoms with van der Waals surface area (Å²) in [5.74, 6) is 0.666. The lowest BCUT2D eigenvalue weighted by Crippen LogP contribution is -2.48. The van der Waals surface area contributed by atoms with E-state index in [0.29, 0.717) is 21.7 Å². The van der Waals surface area contributed by atoms with E-state index in [2.05, 4.69) is 36.3 Å². The van der Waals surface area contributed by atoms with Crippen molar-refractivity contribution in [3.8, 4) is 17.2 Å². The van der Waals surface area contributed by atoms with Crippen LogP contribution in [0.3, 0.4) is 0 Å². The van der Waals surface area contributed by atoms with E-state index in [1.807, 2.05) is 30.3 Å². The number of halogens is 2.